The lowest BCUT2D eigenvalue weighted by atomic mass is 9.95. The van der Waals surface area contributed by atoms with Crippen molar-refractivity contribution in [2.45, 2.75) is 69.7 Å². The molecule has 0 radical (unpaired) electrons. The van der Waals surface area contributed by atoms with Crippen LogP contribution in [0.25, 0.3) is 0 Å². The first-order valence-electron chi connectivity index (χ1n) is 12.1. The Bertz CT molecular complexity index is 917. The van der Waals surface area contributed by atoms with Crippen molar-refractivity contribution >= 4 is 35.2 Å². The number of benzene rings is 2. The average Bonchev–Trinajstić information content (AvgIpc) is 2.84. The fourth-order valence-electron chi connectivity index (χ4n) is 4.43. The van der Waals surface area contributed by atoms with Crippen LogP contribution in [0.1, 0.15) is 56.6 Å². The third kappa shape index (κ3) is 7.74. The molecule has 34 heavy (non-hydrogen) atoms. The Morgan fingerprint density at radius 3 is 2.53 bits per heavy atom. The van der Waals surface area contributed by atoms with Crippen molar-refractivity contribution in [3.8, 4) is 0 Å². The van der Waals surface area contributed by atoms with Gasteiger partial charge in [-0.25, -0.2) is 4.39 Å². The molecule has 0 aromatic heterocycles. The van der Waals surface area contributed by atoms with Crippen molar-refractivity contribution in [2.75, 3.05) is 12.3 Å². The van der Waals surface area contributed by atoms with Crippen molar-refractivity contribution in [1.82, 2.24) is 10.2 Å². The number of nitrogens with one attached hydrogen (secondary N) is 1. The van der Waals surface area contributed by atoms with Crippen LogP contribution in [0.5, 0.6) is 0 Å². The normalized spacial score (nSPS) is 15.0. The van der Waals surface area contributed by atoms with Gasteiger partial charge in [0.25, 0.3) is 0 Å². The Morgan fingerprint density at radius 1 is 1.12 bits per heavy atom. The highest BCUT2D eigenvalue weighted by atomic mass is 35.5. The molecule has 1 fully saturated rings. The topological polar surface area (TPSA) is 49.4 Å². The molecule has 1 saturated carbocycles. The zero-order valence-electron chi connectivity index (χ0n) is 19.8. The van der Waals surface area contributed by atoms with E-state index in [-0.39, 0.29) is 29.4 Å². The third-order valence-corrected chi connectivity index (χ3v) is 7.65. The van der Waals surface area contributed by atoms with Crippen molar-refractivity contribution in [1.29, 1.82) is 0 Å². The maximum atomic E-state index is 14.1. The van der Waals surface area contributed by atoms with E-state index in [4.69, 9.17) is 11.6 Å². The van der Waals surface area contributed by atoms with Crippen molar-refractivity contribution < 1.29 is 14.0 Å². The zero-order valence-corrected chi connectivity index (χ0v) is 21.3. The Kier molecular flexibility index (Phi) is 10.7. The Labute approximate surface area is 211 Å². The van der Waals surface area contributed by atoms with E-state index in [2.05, 4.69) is 5.32 Å². The van der Waals surface area contributed by atoms with Gasteiger partial charge in [-0.05, 0) is 43.4 Å². The Hall–Kier alpha value is -2.05. The van der Waals surface area contributed by atoms with E-state index in [0.29, 0.717) is 35.7 Å². The monoisotopic (exact) mass is 504 g/mol. The van der Waals surface area contributed by atoms with Gasteiger partial charge >= 0.3 is 0 Å². The number of amides is 2. The van der Waals surface area contributed by atoms with Gasteiger partial charge in [0.15, 0.2) is 0 Å². The van der Waals surface area contributed by atoms with Crippen LogP contribution in [0.4, 0.5) is 4.39 Å². The molecule has 0 heterocycles. The van der Waals surface area contributed by atoms with E-state index in [1.807, 2.05) is 37.3 Å². The van der Waals surface area contributed by atoms with Crippen LogP contribution in [-0.4, -0.2) is 41.1 Å². The third-order valence-electron chi connectivity index (χ3n) is 6.36. The molecule has 4 nitrogen and oxygen atoms in total. The van der Waals surface area contributed by atoms with Gasteiger partial charge in [-0.2, -0.15) is 0 Å². The summed E-state index contributed by atoms with van der Waals surface area (Å²) in [7, 11) is 0. The second-order valence-corrected chi connectivity index (χ2v) is 10.2. The van der Waals surface area contributed by atoms with E-state index in [9.17, 15) is 14.0 Å². The summed E-state index contributed by atoms with van der Waals surface area (Å²) >= 11 is 7.45. The molecule has 0 saturated heterocycles. The molecule has 1 aliphatic rings. The summed E-state index contributed by atoms with van der Waals surface area (Å²) in [6.07, 6.45) is 6.70. The number of rotatable bonds is 11. The second-order valence-electron chi connectivity index (χ2n) is 8.78. The molecule has 2 amide bonds. The Balaban J connectivity index is 1.67. The highest BCUT2D eigenvalue weighted by Gasteiger charge is 2.30. The van der Waals surface area contributed by atoms with Gasteiger partial charge in [0.2, 0.25) is 11.8 Å². The highest BCUT2D eigenvalue weighted by Crippen LogP contribution is 2.24. The quantitative estimate of drug-likeness (QED) is 0.407. The molecule has 1 aliphatic carbocycles. The van der Waals surface area contributed by atoms with Gasteiger partial charge in [0.05, 0.1) is 5.75 Å². The van der Waals surface area contributed by atoms with Gasteiger partial charge in [-0.15, -0.1) is 11.8 Å². The van der Waals surface area contributed by atoms with Crippen LogP contribution in [0.15, 0.2) is 48.5 Å². The second kappa shape index (κ2) is 13.7. The number of halogens is 2. The molecule has 1 atom stereocenters. The maximum Gasteiger partial charge on any atom is 0.243 e. The largest absolute Gasteiger partial charge is 0.352 e. The van der Waals surface area contributed by atoms with Crippen LogP contribution >= 0.6 is 23.4 Å². The minimum absolute atomic E-state index is 0.0713. The smallest absolute Gasteiger partial charge is 0.243 e. The van der Waals surface area contributed by atoms with Crippen molar-refractivity contribution in [2.24, 2.45) is 0 Å². The van der Waals surface area contributed by atoms with E-state index in [1.165, 1.54) is 24.2 Å². The first-order valence-corrected chi connectivity index (χ1v) is 13.7. The molecule has 0 unspecified atom stereocenters. The first kappa shape index (κ1) is 26.6. The van der Waals surface area contributed by atoms with Gasteiger partial charge in [-0.1, -0.05) is 74.2 Å². The van der Waals surface area contributed by atoms with Crippen LogP contribution in [0.3, 0.4) is 0 Å². The number of nitrogens with zero attached hydrogens (tertiary/aromatic N) is 1. The van der Waals surface area contributed by atoms with E-state index < -0.39 is 6.04 Å². The summed E-state index contributed by atoms with van der Waals surface area (Å²) in [5.41, 5.74) is 1.52. The average molecular weight is 505 g/mol. The Morgan fingerprint density at radius 2 is 1.85 bits per heavy atom. The number of hydrogen-bond acceptors (Lipinski definition) is 3. The lowest BCUT2D eigenvalue weighted by Crippen LogP contribution is -2.52. The van der Waals surface area contributed by atoms with E-state index in [0.717, 1.165) is 31.2 Å². The molecule has 2 aromatic rings. The van der Waals surface area contributed by atoms with Crippen LogP contribution in [0.2, 0.25) is 5.02 Å². The number of hydrogen-bond donors (Lipinski definition) is 1. The minimum Gasteiger partial charge on any atom is -0.352 e. The maximum absolute atomic E-state index is 14.1. The van der Waals surface area contributed by atoms with E-state index >= 15 is 0 Å². The molecule has 1 N–H and O–H groups in total. The molecule has 2 aromatic carbocycles. The van der Waals surface area contributed by atoms with Crippen LogP contribution in [0, 0.1) is 5.82 Å². The molecule has 7 heteroatoms. The van der Waals surface area contributed by atoms with Gasteiger partial charge < -0.3 is 10.2 Å². The van der Waals surface area contributed by atoms with Crippen LogP contribution < -0.4 is 5.32 Å². The summed E-state index contributed by atoms with van der Waals surface area (Å²) in [4.78, 5) is 28.2. The predicted molar refractivity (Wildman–Crippen MR) is 139 cm³/mol. The predicted octanol–water partition coefficient (Wildman–Crippen LogP) is 6.01. The molecule has 3 rings (SSSR count). The van der Waals surface area contributed by atoms with Gasteiger partial charge in [0, 0.05) is 28.9 Å². The first-order chi connectivity index (χ1) is 16.5. The van der Waals surface area contributed by atoms with Crippen LogP contribution in [-0.2, 0) is 21.8 Å². The number of carbonyl (C=O) groups is 2. The number of thioether (sulfide) groups is 1. The van der Waals surface area contributed by atoms with Crippen molar-refractivity contribution in [3.05, 3.63) is 70.5 Å². The minimum atomic E-state index is -0.518. The summed E-state index contributed by atoms with van der Waals surface area (Å²) in [6, 6.07) is 14.2. The van der Waals surface area contributed by atoms with Crippen molar-refractivity contribution in [3.63, 3.8) is 0 Å². The molecular weight excluding hydrogens is 471 g/mol. The summed E-state index contributed by atoms with van der Waals surface area (Å²) in [6.45, 7) is 2.40. The fourth-order valence-corrected chi connectivity index (χ4v) is 5.68. The molecule has 0 aliphatic heterocycles. The SMILES string of the molecule is CC[C@H](C(=O)NC1CCCCC1)N(CCc1ccccc1)C(=O)CSCc1c(F)cccc1Cl. The van der Waals surface area contributed by atoms with E-state index in [1.54, 1.807) is 17.0 Å². The number of carbonyl (C=O) groups excluding carboxylic acids is 2. The lowest BCUT2D eigenvalue weighted by molar-refractivity contribution is -0.139. The fraction of sp³-hybridized carbons (Fsp3) is 0.481. The molecule has 0 bridgehead atoms. The molecule has 184 valence electrons. The highest BCUT2D eigenvalue weighted by molar-refractivity contribution is 7.99. The summed E-state index contributed by atoms with van der Waals surface area (Å²) in [5, 5.41) is 3.55. The standard InChI is InChI=1S/C27H34ClFN2O2S/c1-2-25(27(33)30-21-12-7-4-8-13-21)31(17-16-20-10-5-3-6-11-20)26(32)19-34-18-22-23(28)14-9-15-24(22)29/h3,5-6,9-11,14-15,21,25H,2,4,7-8,12-13,16-19H2,1H3,(H,30,33)/t25-/m1/s1. The summed E-state index contributed by atoms with van der Waals surface area (Å²) in [5.74, 6) is -0.0923. The van der Waals surface area contributed by atoms with Gasteiger partial charge in [-0.3, -0.25) is 9.59 Å². The van der Waals surface area contributed by atoms with Gasteiger partial charge in [0.1, 0.15) is 11.9 Å². The molecule has 0 spiro atoms. The zero-order chi connectivity index (χ0) is 24.3. The molecular formula is C27H34ClFN2O2S. The lowest BCUT2D eigenvalue weighted by Gasteiger charge is -2.32. The summed E-state index contributed by atoms with van der Waals surface area (Å²) < 4.78 is 14.1.